The summed E-state index contributed by atoms with van der Waals surface area (Å²) in [7, 11) is 2.39. The Kier molecular flexibility index (Phi) is 6.84. The van der Waals surface area contributed by atoms with Gasteiger partial charge in [0.05, 0.1) is 26.7 Å². The molecule has 116 valence electrons. The molecule has 0 atom stereocenters. The third-order valence-electron chi connectivity index (χ3n) is 2.29. The van der Waals surface area contributed by atoms with Gasteiger partial charge in [0.15, 0.2) is 0 Å². The molecule has 0 N–H and O–H groups in total. The van der Waals surface area contributed by atoms with E-state index in [1.165, 1.54) is 43.4 Å². The van der Waals surface area contributed by atoms with Gasteiger partial charge >= 0.3 is 35.0 Å². The molecule has 0 aliphatic carbocycles. The van der Waals surface area contributed by atoms with E-state index in [9.17, 15) is 20.8 Å². The zero-order chi connectivity index (χ0) is 15.2. The van der Waals surface area contributed by atoms with Gasteiger partial charge in [-0.2, -0.15) is 0 Å². The zero-order valence-corrected chi connectivity index (χ0v) is 13.3. The molecule has 0 spiro atoms. The van der Waals surface area contributed by atoms with Gasteiger partial charge in [0.1, 0.15) is 0 Å². The second-order valence-electron chi connectivity index (χ2n) is 4.75. The number of hydrogen-bond donors (Lipinski definition) is 0. The summed E-state index contributed by atoms with van der Waals surface area (Å²) < 4.78 is 60.7. The van der Waals surface area contributed by atoms with Crippen molar-refractivity contribution in [2.24, 2.45) is 0 Å². The monoisotopic (exact) mass is 347 g/mol. The van der Waals surface area contributed by atoms with Crippen molar-refractivity contribution in [3.63, 3.8) is 0 Å². The number of nitrogens with zero attached hydrogens (tertiary/aromatic N) is 1. The molecule has 0 bridgehead atoms. The van der Waals surface area contributed by atoms with Crippen LogP contribution in [0.2, 0.25) is 0 Å². The first-order chi connectivity index (χ1) is 7.63. The van der Waals surface area contributed by atoms with E-state index >= 15 is 0 Å². The fraction of sp³-hybridized carbons (Fsp3) is 1.00. The van der Waals surface area contributed by atoms with E-state index in [1.807, 2.05) is 0 Å². The maximum atomic E-state index is 9.91. The van der Waals surface area contributed by atoms with Crippen molar-refractivity contribution in [2.75, 3.05) is 26.7 Å². The van der Waals surface area contributed by atoms with Crippen LogP contribution in [0.25, 0.3) is 0 Å². The summed E-state index contributed by atoms with van der Waals surface area (Å²) in [5, 5.41) is 0. The van der Waals surface area contributed by atoms with E-state index in [4.69, 9.17) is 0 Å². The summed E-state index contributed by atoms with van der Waals surface area (Å²) in [6.07, 6.45) is 3.95. The summed E-state index contributed by atoms with van der Waals surface area (Å²) in [5.74, 6) is 0. The van der Waals surface area contributed by atoms with Gasteiger partial charge in [-0.15, -0.1) is 0 Å². The fourth-order valence-corrected chi connectivity index (χ4v) is 1.95. The van der Waals surface area contributed by atoms with Gasteiger partial charge in [-0.05, 0) is 19.3 Å². The van der Waals surface area contributed by atoms with E-state index < -0.39 is 14.2 Å². The van der Waals surface area contributed by atoms with E-state index in [1.54, 1.807) is 0 Å². The van der Waals surface area contributed by atoms with Crippen LogP contribution in [0.15, 0.2) is 0 Å². The molecule has 0 aromatic heterocycles. The number of halogens is 6. The van der Waals surface area contributed by atoms with E-state index in [0.717, 1.165) is 0 Å². The van der Waals surface area contributed by atoms with Crippen molar-refractivity contribution >= 4 is 14.2 Å². The molecule has 0 saturated heterocycles. The summed E-state index contributed by atoms with van der Waals surface area (Å²) in [4.78, 5) is 0. The van der Waals surface area contributed by atoms with Crippen molar-refractivity contribution in [3.8, 4) is 0 Å². The van der Waals surface area contributed by atoms with Crippen molar-refractivity contribution < 1.29 is 25.3 Å². The topological polar surface area (TPSA) is 0 Å². The van der Waals surface area contributed by atoms with Crippen LogP contribution < -0.4 is 0 Å². The van der Waals surface area contributed by atoms with Gasteiger partial charge in [0, 0.05) is 0 Å². The summed E-state index contributed by atoms with van der Waals surface area (Å²) >= 11 is -11.1. The first-order valence-electron chi connectivity index (χ1n) is 6.03. The van der Waals surface area contributed by atoms with Crippen LogP contribution >= 0.6 is 0 Å². The second-order valence-corrected chi connectivity index (χ2v) is 8.77. The van der Waals surface area contributed by atoms with E-state index in [-0.39, 0.29) is 0 Å². The Morgan fingerprint density at radius 2 is 0.833 bits per heavy atom. The minimum absolute atomic E-state index is 1.28. The van der Waals surface area contributed by atoms with Crippen molar-refractivity contribution in [1.29, 1.82) is 0 Å². The predicted molar refractivity (Wildman–Crippen MR) is 64.1 cm³/mol. The van der Waals surface area contributed by atoms with E-state index in [2.05, 4.69) is 27.8 Å². The molecule has 1 nitrogen and oxygen atoms in total. The van der Waals surface area contributed by atoms with Crippen molar-refractivity contribution in [3.05, 3.63) is 0 Å². The molecule has 0 heterocycles. The van der Waals surface area contributed by atoms with Crippen molar-refractivity contribution in [2.45, 2.75) is 40.0 Å². The zero-order valence-electron chi connectivity index (χ0n) is 11.4. The van der Waals surface area contributed by atoms with Crippen LogP contribution in [0.3, 0.4) is 0 Å². The molecular weight excluding hydrogens is 323 g/mol. The number of hydrogen-bond acceptors (Lipinski definition) is 0. The molecular formula is C10H24AsF6N. The molecule has 8 heteroatoms. The second kappa shape index (κ2) is 6.03. The van der Waals surface area contributed by atoms with Crippen LogP contribution in [-0.4, -0.2) is 45.3 Å². The quantitative estimate of drug-likeness (QED) is 0.368. The molecule has 0 amide bonds. The third-order valence-corrected chi connectivity index (χ3v) is 2.29. The molecule has 0 aromatic carbocycles. The van der Waals surface area contributed by atoms with Crippen LogP contribution in [0.1, 0.15) is 40.0 Å². The molecule has 0 aromatic rings. The summed E-state index contributed by atoms with van der Waals surface area (Å²) in [6.45, 7) is 10.9. The summed E-state index contributed by atoms with van der Waals surface area (Å²) in [5.41, 5.74) is 0. The summed E-state index contributed by atoms with van der Waals surface area (Å²) in [6, 6.07) is 0. The maximum absolute atomic E-state index is 11.1. The molecule has 0 aliphatic rings. The van der Waals surface area contributed by atoms with Gasteiger partial charge in [-0.25, -0.2) is 0 Å². The van der Waals surface area contributed by atoms with E-state index in [0.29, 0.717) is 0 Å². The number of rotatable bonds is 6. The van der Waals surface area contributed by atoms with Gasteiger partial charge < -0.3 is 4.48 Å². The van der Waals surface area contributed by atoms with Gasteiger partial charge in [-0.1, -0.05) is 20.8 Å². The Labute approximate surface area is 107 Å². The SMILES string of the molecule is CCC[N+](C)(CCC)CCC.F[As-](F)(F)(F)(F)F. The Morgan fingerprint density at radius 1 is 0.667 bits per heavy atom. The first-order valence-corrected chi connectivity index (χ1v) is 10.3. The Balaban J connectivity index is 0. The molecule has 0 fully saturated rings. The Hall–Kier alpha value is 0.0984. The van der Waals surface area contributed by atoms with Crippen LogP contribution in [0.4, 0.5) is 20.8 Å². The average molecular weight is 347 g/mol. The number of quaternary nitrogens is 1. The van der Waals surface area contributed by atoms with Gasteiger partial charge in [-0.3, -0.25) is 0 Å². The van der Waals surface area contributed by atoms with Gasteiger partial charge in [0.2, 0.25) is 0 Å². The van der Waals surface area contributed by atoms with Crippen molar-refractivity contribution in [1.82, 2.24) is 0 Å². The fourth-order valence-electron chi connectivity index (χ4n) is 1.95. The van der Waals surface area contributed by atoms with Crippen LogP contribution in [-0.2, 0) is 0 Å². The Bertz CT molecular complexity index is 205. The third kappa shape index (κ3) is 25.1. The molecule has 0 rings (SSSR count). The van der Waals surface area contributed by atoms with Gasteiger partial charge in [0.25, 0.3) is 0 Å². The molecule has 0 radical (unpaired) electrons. The molecule has 0 aliphatic heterocycles. The normalized spacial score (nSPS) is 16.3. The minimum atomic E-state index is -11.1. The standard InChI is InChI=1S/C10H24N.AsF6/c1-5-8-11(4,9-6-2)10-7-3;2-1(3,4,5,6)7/h5-10H2,1-4H3;/q+1;-1. The first kappa shape index (κ1) is 20.4. The van der Waals surface area contributed by atoms with Crippen LogP contribution in [0, 0.1) is 0 Å². The predicted octanol–water partition coefficient (Wildman–Crippen LogP) is 4.80. The Morgan fingerprint density at radius 3 is 0.944 bits per heavy atom. The molecule has 0 saturated carbocycles. The average Bonchev–Trinajstić information content (AvgIpc) is 1.98. The van der Waals surface area contributed by atoms with Crippen LogP contribution in [0.5, 0.6) is 0 Å². The molecule has 18 heavy (non-hydrogen) atoms. The molecule has 0 unspecified atom stereocenters.